The zero-order chi connectivity index (χ0) is 10.7. The molecule has 0 amide bonds. The van der Waals surface area contributed by atoms with E-state index in [1.807, 2.05) is 17.8 Å². The lowest BCUT2D eigenvalue weighted by Gasteiger charge is -1.96. The molecular weight excluding hydrogens is 208 g/mol. The summed E-state index contributed by atoms with van der Waals surface area (Å²) in [6, 6.07) is 1.97. The summed E-state index contributed by atoms with van der Waals surface area (Å²) in [7, 11) is 1.92. The molecular formula is C10H14N4S. The Kier molecular flexibility index (Phi) is 3.13. The first-order chi connectivity index (χ1) is 7.31. The average Bonchev–Trinajstić information content (AvgIpc) is 2.83. The quantitative estimate of drug-likeness (QED) is 0.851. The summed E-state index contributed by atoms with van der Waals surface area (Å²) in [5.74, 6) is 0. The molecule has 0 bridgehead atoms. The lowest BCUT2D eigenvalue weighted by Crippen LogP contribution is -2.00. The number of hydrogen-bond acceptors (Lipinski definition) is 4. The number of nitrogens with two attached hydrogens (primary N) is 1. The molecule has 0 aliphatic rings. The molecule has 15 heavy (non-hydrogen) atoms. The van der Waals surface area contributed by atoms with Crippen molar-refractivity contribution in [2.24, 2.45) is 12.8 Å². The molecule has 0 aliphatic heterocycles. The first-order valence-electron chi connectivity index (χ1n) is 4.94. The summed E-state index contributed by atoms with van der Waals surface area (Å²) in [6.45, 7) is 0.723. The highest BCUT2D eigenvalue weighted by Gasteiger charge is 2.07. The second-order valence-corrected chi connectivity index (χ2v) is 4.30. The van der Waals surface area contributed by atoms with E-state index in [1.54, 1.807) is 17.5 Å². The van der Waals surface area contributed by atoms with Crippen LogP contribution in [0.2, 0.25) is 0 Å². The van der Waals surface area contributed by atoms with Crippen molar-refractivity contribution in [3.8, 4) is 11.4 Å². The molecule has 0 spiro atoms. The van der Waals surface area contributed by atoms with E-state index in [2.05, 4.69) is 15.5 Å². The maximum Gasteiger partial charge on any atom is 0.0995 e. The summed E-state index contributed by atoms with van der Waals surface area (Å²) in [5.41, 5.74) is 7.53. The highest BCUT2D eigenvalue weighted by Crippen LogP contribution is 2.21. The van der Waals surface area contributed by atoms with E-state index in [4.69, 9.17) is 5.73 Å². The molecule has 0 aliphatic carbocycles. The molecule has 0 radical (unpaired) electrons. The predicted octanol–water partition coefficient (Wildman–Crippen LogP) is 1.43. The van der Waals surface area contributed by atoms with E-state index in [1.165, 1.54) is 0 Å². The monoisotopic (exact) mass is 222 g/mol. The van der Waals surface area contributed by atoms with Crippen LogP contribution in [0.1, 0.15) is 11.4 Å². The maximum atomic E-state index is 5.46. The van der Waals surface area contributed by atoms with Crippen LogP contribution in [-0.4, -0.2) is 21.3 Å². The molecule has 5 heteroatoms. The van der Waals surface area contributed by atoms with Crippen LogP contribution in [0.15, 0.2) is 17.6 Å². The second-order valence-electron chi connectivity index (χ2n) is 3.36. The van der Waals surface area contributed by atoms with Crippen LogP contribution in [0, 0.1) is 0 Å². The Morgan fingerprint density at radius 2 is 2.40 bits per heavy atom. The Hall–Kier alpha value is -1.20. The molecule has 0 atom stereocenters. The van der Waals surface area contributed by atoms with Gasteiger partial charge in [-0.15, -0.1) is 11.3 Å². The van der Waals surface area contributed by atoms with Gasteiger partial charge in [0.1, 0.15) is 0 Å². The van der Waals surface area contributed by atoms with Gasteiger partial charge in [-0.2, -0.15) is 5.10 Å². The van der Waals surface area contributed by atoms with Gasteiger partial charge in [0.25, 0.3) is 0 Å². The molecule has 80 valence electrons. The van der Waals surface area contributed by atoms with Crippen molar-refractivity contribution in [2.75, 3.05) is 6.54 Å². The SMILES string of the molecule is Cn1nccc1-c1csc(CCCN)n1. The molecule has 0 saturated carbocycles. The molecule has 2 aromatic rings. The Morgan fingerprint density at radius 1 is 1.53 bits per heavy atom. The summed E-state index contributed by atoms with van der Waals surface area (Å²) in [6.07, 6.45) is 3.76. The molecule has 4 nitrogen and oxygen atoms in total. The molecule has 0 saturated heterocycles. The van der Waals surface area contributed by atoms with Gasteiger partial charge in [-0.3, -0.25) is 4.68 Å². The van der Waals surface area contributed by atoms with Crippen molar-refractivity contribution in [2.45, 2.75) is 12.8 Å². The van der Waals surface area contributed by atoms with Gasteiger partial charge in [0, 0.05) is 25.0 Å². The smallest absolute Gasteiger partial charge is 0.0995 e. The summed E-state index contributed by atoms with van der Waals surface area (Å²) in [5, 5.41) is 7.35. The fourth-order valence-electron chi connectivity index (χ4n) is 1.42. The molecule has 0 aromatic carbocycles. The van der Waals surface area contributed by atoms with E-state index >= 15 is 0 Å². The Balaban J connectivity index is 2.17. The van der Waals surface area contributed by atoms with E-state index in [9.17, 15) is 0 Å². The first-order valence-corrected chi connectivity index (χ1v) is 5.82. The summed E-state index contributed by atoms with van der Waals surface area (Å²) in [4.78, 5) is 4.55. The van der Waals surface area contributed by atoms with Crippen molar-refractivity contribution in [3.63, 3.8) is 0 Å². The van der Waals surface area contributed by atoms with Crippen LogP contribution >= 0.6 is 11.3 Å². The molecule has 0 unspecified atom stereocenters. The Bertz CT molecular complexity index is 432. The summed E-state index contributed by atoms with van der Waals surface area (Å²) < 4.78 is 1.84. The van der Waals surface area contributed by atoms with Gasteiger partial charge in [0.15, 0.2) is 0 Å². The highest BCUT2D eigenvalue weighted by molar-refractivity contribution is 7.09. The van der Waals surface area contributed by atoms with Crippen LogP contribution in [0.25, 0.3) is 11.4 Å². The minimum Gasteiger partial charge on any atom is -0.330 e. The normalized spacial score (nSPS) is 10.8. The van der Waals surface area contributed by atoms with Crippen molar-refractivity contribution in [1.29, 1.82) is 0 Å². The molecule has 2 aromatic heterocycles. The van der Waals surface area contributed by atoms with Crippen LogP contribution in [-0.2, 0) is 13.5 Å². The second kappa shape index (κ2) is 4.55. The largest absolute Gasteiger partial charge is 0.330 e. The van der Waals surface area contributed by atoms with Gasteiger partial charge in [-0.25, -0.2) is 4.98 Å². The maximum absolute atomic E-state index is 5.46. The number of hydrogen-bond donors (Lipinski definition) is 1. The Labute approximate surface area is 92.8 Å². The zero-order valence-corrected chi connectivity index (χ0v) is 9.50. The van der Waals surface area contributed by atoms with E-state index in [0.717, 1.165) is 35.8 Å². The van der Waals surface area contributed by atoms with Gasteiger partial charge in [-0.05, 0) is 19.0 Å². The van der Waals surface area contributed by atoms with Crippen LogP contribution in [0.5, 0.6) is 0 Å². The van der Waals surface area contributed by atoms with Crippen LogP contribution < -0.4 is 5.73 Å². The zero-order valence-electron chi connectivity index (χ0n) is 8.68. The topological polar surface area (TPSA) is 56.7 Å². The molecule has 2 N–H and O–H groups in total. The van der Waals surface area contributed by atoms with Gasteiger partial charge < -0.3 is 5.73 Å². The standard InChI is InChI=1S/C10H14N4S/c1-14-9(4-6-12-14)8-7-15-10(13-8)3-2-5-11/h4,6-7H,2-3,5,11H2,1H3. The van der Waals surface area contributed by atoms with Gasteiger partial charge in [0.05, 0.1) is 16.4 Å². The fourth-order valence-corrected chi connectivity index (χ4v) is 2.26. The average molecular weight is 222 g/mol. The number of aromatic nitrogens is 3. The third-order valence-electron chi connectivity index (χ3n) is 2.23. The first kappa shape index (κ1) is 10.3. The lowest BCUT2D eigenvalue weighted by molar-refractivity contribution is 0.772. The van der Waals surface area contributed by atoms with Crippen molar-refractivity contribution >= 4 is 11.3 Å². The number of thiazole rings is 1. The number of rotatable bonds is 4. The summed E-state index contributed by atoms with van der Waals surface area (Å²) >= 11 is 1.69. The lowest BCUT2D eigenvalue weighted by atomic mass is 10.3. The Morgan fingerprint density at radius 3 is 3.07 bits per heavy atom. The van der Waals surface area contributed by atoms with E-state index in [0.29, 0.717) is 0 Å². The van der Waals surface area contributed by atoms with Gasteiger partial charge in [0.2, 0.25) is 0 Å². The predicted molar refractivity (Wildman–Crippen MR) is 61.7 cm³/mol. The molecule has 0 fully saturated rings. The number of nitrogens with zero attached hydrogens (tertiary/aromatic N) is 3. The van der Waals surface area contributed by atoms with Crippen LogP contribution in [0.3, 0.4) is 0 Å². The van der Waals surface area contributed by atoms with Crippen molar-refractivity contribution < 1.29 is 0 Å². The van der Waals surface area contributed by atoms with E-state index in [-0.39, 0.29) is 0 Å². The third-order valence-corrected chi connectivity index (χ3v) is 3.14. The minimum atomic E-state index is 0.723. The third kappa shape index (κ3) is 2.24. The fraction of sp³-hybridized carbons (Fsp3) is 0.400. The molecule has 2 rings (SSSR count). The molecule has 2 heterocycles. The number of aryl methyl sites for hydroxylation is 2. The van der Waals surface area contributed by atoms with E-state index < -0.39 is 0 Å². The van der Waals surface area contributed by atoms with Gasteiger partial charge >= 0.3 is 0 Å². The highest BCUT2D eigenvalue weighted by atomic mass is 32.1. The van der Waals surface area contributed by atoms with Gasteiger partial charge in [-0.1, -0.05) is 0 Å². The van der Waals surface area contributed by atoms with Crippen LogP contribution in [0.4, 0.5) is 0 Å². The minimum absolute atomic E-state index is 0.723. The van der Waals surface area contributed by atoms with Crippen molar-refractivity contribution in [3.05, 3.63) is 22.7 Å². The van der Waals surface area contributed by atoms with Crippen molar-refractivity contribution in [1.82, 2.24) is 14.8 Å².